The zero-order valence-corrected chi connectivity index (χ0v) is 14.7. The van der Waals surface area contributed by atoms with E-state index in [1.54, 1.807) is 19.4 Å². The molecule has 4 nitrogen and oxygen atoms in total. The third kappa shape index (κ3) is 7.12. The molecule has 0 bridgehead atoms. The Kier molecular flexibility index (Phi) is 8.12. The van der Waals surface area contributed by atoms with Gasteiger partial charge in [-0.05, 0) is 66.9 Å². The van der Waals surface area contributed by atoms with Crippen molar-refractivity contribution in [1.82, 2.24) is 0 Å². The van der Waals surface area contributed by atoms with Gasteiger partial charge >= 0.3 is 0 Å². The lowest BCUT2D eigenvalue weighted by molar-refractivity contribution is 0.311. The van der Waals surface area contributed by atoms with E-state index in [-0.39, 0.29) is 0 Å². The van der Waals surface area contributed by atoms with E-state index < -0.39 is 0 Å². The summed E-state index contributed by atoms with van der Waals surface area (Å²) in [6.07, 6.45) is 7.81. The van der Waals surface area contributed by atoms with Gasteiger partial charge in [-0.15, -0.1) is 0 Å². The Balaban J connectivity index is 1.66. The molecule has 0 radical (unpaired) electrons. The van der Waals surface area contributed by atoms with Gasteiger partial charge in [0.2, 0.25) is 0 Å². The van der Waals surface area contributed by atoms with Crippen LogP contribution in [-0.4, -0.2) is 26.5 Å². The topological polar surface area (TPSA) is 56.8 Å². The number of nitrogens with zero attached hydrogens (tertiary/aromatic N) is 1. The Morgan fingerprint density at radius 2 is 1.56 bits per heavy atom. The summed E-state index contributed by atoms with van der Waals surface area (Å²) in [5.74, 6) is 1.80. The van der Waals surface area contributed by atoms with Crippen molar-refractivity contribution in [3.63, 3.8) is 0 Å². The van der Waals surface area contributed by atoms with Gasteiger partial charge in [0.15, 0.2) is 0 Å². The average molecular weight is 338 g/mol. The fraction of sp³-hybridized carbons (Fsp3) is 0.286. The van der Waals surface area contributed by atoms with E-state index in [0.29, 0.717) is 6.61 Å². The molecule has 132 valence electrons. The van der Waals surface area contributed by atoms with Gasteiger partial charge in [0.1, 0.15) is 11.5 Å². The third-order valence-corrected chi connectivity index (χ3v) is 3.79. The fourth-order valence-corrected chi connectivity index (χ4v) is 2.39. The standard InChI is InChI=1S/C21H26N2O2/c1-24-20-9-5-18(6-10-20)4-2-17-25-21-11-7-19(8-12-21)13-16-23-15-3-14-22/h3,5-12,14-15H,2,4,13,16-17,22H2,1H3. The molecule has 0 spiro atoms. The van der Waals surface area contributed by atoms with E-state index >= 15 is 0 Å². The Bertz CT molecular complexity index is 661. The van der Waals surface area contributed by atoms with Crippen LogP contribution in [0.25, 0.3) is 0 Å². The monoisotopic (exact) mass is 338 g/mol. The highest BCUT2D eigenvalue weighted by Gasteiger charge is 1.98. The summed E-state index contributed by atoms with van der Waals surface area (Å²) >= 11 is 0. The normalized spacial score (nSPS) is 11.2. The minimum absolute atomic E-state index is 0.709. The van der Waals surface area contributed by atoms with Crippen LogP contribution in [0.1, 0.15) is 17.5 Å². The van der Waals surface area contributed by atoms with Gasteiger partial charge in [-0.2, -0.15) is 0 Å². The second-order valence-electron chi connectivity index (χ2n) is 5.63. The van der Waals surface area contributed by atoms with Crippen molar-refractivity contribution < 1.29 is 9.47 Å². The van der Waals surface area contributed by atoms with Crippen molar-refractivity contribution >= 4 is 6.21 Å². The molecule has 2 aromatic rings. The zero-order valence-electron chi connectivity index (χ0n) is 14.7. The lowest BCUT2D eigenvalue weighted by atomic mass is 10.1. The smallest absolute Gasteiger partial charge is 0.119 e. The van der Waals surface area contributed by atoms with Crippen LogP contribution in [-0.2, 0) is 12.8 Å². The summed E-state index contributed by atoms with van der Waals surface area (Å²) < 4.78 is 11.0. The number of methoxy groups -OCH3 is 1. The lowest BCUT2D eigenvalue weighted by Gasteiger charge is -2.07. The Hall–Kier alpha value is -2.75. The summed E-state index contributed by atoms with van der Waals surface area (Å²) in [6.45, 7) is 1.47. The lowest BCUT2D eigenvalue weighted by Crippen LogP contribution is -2.00. The molecular formula is C21H26N2O2. The molecule has 0 aliphatic rings. The molecule has 2 N–H and O–H groups in total. The average Bonchev–Trinajstić information content (AvgIpc) is 2.66. The number of hydrogen-bond acceptors (Lipinski definition) is 4. The number of hydrogen-bond donors (Lipinski definition) is 1. The molecule has 0 atom stereocenters. The molecule has 0 saturated carbocycles. The molecule has 25 heavy (non-hydrogen) atoms. The van der Waals surface area contributed by atoms with Crippen molar-refractivity contribution in [1.29, 1.82) is 0 Å². The number of nitrogens with two attached hydrogens (primary N) is 1. The molecule has 0 unspecified atom stereocenters. The van der Waals surface area contributed by atoms with Crippen molar-refractivity contribution in [2.75, 3.05) is 20.3 Å². The first-order valence-electron chi connectivity index (χ1n) is 8.53. The molecule has 0 fully saturated rings. The van der Waals surface area contributed by atoms with Crippen molar-refractivity contribution in [2.45, 2.75) is 19.3 Å². The van der Waals surface area contributed by atoms with Crippen molar-refractivity contribution in [3.05, 3.63) is 71.9 Å². The van der Waals surface area contributed by atoms with Crippen LogP contribution in [0.15, 0.2) is 65.8 Å². The van der Waals surface area contributed by atoms with Gasteiger partial charge < -0.3 is 15.2 Å². The maximum Gasteiger partial charge on any atom is 0.119 e. The SMILES string of the molecule is COc1ccc(CCCOc2ccc(CCN=CC=CN)cc2)cc1. The van der Waals surface area contributed by atoms with Crippen LogP contribution in [0.5, 0.6) is 11.5 Å². The van der Waals surface area contributed by atoms with Gasteiger partial charge in [0.05, 0.1) is 13.7 Å². The van der Waals surface area contributed by atoms with Gasteiger partial charge in [-0.25, -0.2) is 0 Å². The summed E-state index contributed by atoms with van der Waals surface area (Å²) in [6, 6.07) is 16.4. The van der Waals surface area contributed by atoms with Gasteiger partial charge in [-0.1, -0.05) is 24.3 Å². The molecule has 0 saturated heterocycles. The highest BCUT2D eigenvalue weighted by Crippen LogP contribution is 2.15. The molecule has 0 aliphatic heterocycles. The summed E-state index contributed by atoms with van der Waals surface area (Å²) in [5.41, 5.74) is 7.79. The highest BCUT2D eigenvalue weighted by atomic mass is 16.5. The number of allylic oxidation sites excluding steroid dienone is 1. The van der Waals surface area contributed by atoms with Crippen LogP contribution < -0.4 is 15.2 Å². The number of ether oxygens (including phenoxy) is 2. The van der Waals surface area contributed by atoms with E-state index in [2.05, 4.69) is 29.3 Å². The highest BCUT2D eigenvalue weighted by molar-refractivity contribution is 5.70. The maximum atomic E-state index is 5.81. The van der Waals surface area contributed by atoms with E-state index in [4.69, 9.17) is 15.2 Å². The molecule has 2 aromatic carbocycles. The van der Waals surface area contributed by atoms with Crippen LogP contribution in [0.2, 0.25) is 0 Å². The first-order valence-corrected chi connectivity index (χ1v) is 8.53. The van der Waals surface area contributed by atoms with Crippen LogP contribution in [0, 0.1) is 0 Å². The largest absolute Gasteiger partial charge is 0.497 e. The quantitative estimate of drug-likeness (QED) is 0.530. The molecular weight excluding hydrogens is 312 g/mol. The molecule has 0 heterocycles. The molecule has 0 aliphatic carbocycles. The van der Waals surface area contributed by atoms with Gasteiger partial charge in [0.25, 0.3) is 0 Å². The van der Waals surface area contributed by atoms with Crippen LogP contribution in [0.4, 0.5) is 0 Å². The number of benzene rings is 2. The minimum Gasteiger partial charge on any atom is -0.497 e. The van der Waals surface area contributed by atoms with E-state index in [1.807, 2.05) is 24.3 Å². The first-order chi connectivity index (χ1) is 12.3. The molecule has 0 amide bonds. The number of aliphatic imine (C=N–C) groups is 1. The third-order valence-electron chi connectivity index (χ3n) is 3.79. The first kappa shape index (κ1) is 18.6. The predicted octanol–water partition coefficient (Wildman–Crippen LogP) is 3.79. The van der Waals surface area contributed by atoms with Gasteiger partial charge in [-0.3, -0.25) is 4.99 Å². The van der Waals surface area contributed by atoms with Gasteiger partial charge in [0, 0.05) is 12.8 Å². The van der Waals surface area contributed by atoms with Crippen molar-refractivity contribution in [2.24, 2.45) is 10.7 Å². The number of aryl methyl sites for hydroxylation is 1. The summed E-state index contributed by atoms with van der Waals surface area (Å²) in [5, 5.41) is 0. The summed E-state index contributed by atoms with van der Waals surface area (Å²) in [7, 11) is 1.68. The second-order valence-corrected chi connectivity index (χ2v) is 5.63. The fourth-order valence-electron chi connectivity index (χ4n) is 2.39. The molecule has 4 heteroatoms. The van der Waals surface area contributed by atoms with E-state index in [9.17, 15) is 0 Å². The minimum atomic E-state index is 0.709. The number of rotatable bonds is 10. The predicted molar refractivity (Wildman–Crippen MR) is 104 cm³/mol. The molecule has 2 rings (SSSR count). The van der Waals surface area contributed by atoms with E-state index in [0.717, 1.165) is 37.3 Å². The van der Waals surface area contributed by atoms with E-state index in [1.165, 1.54) is 17.3 Å². The maximum absolute atomic E-state index is 5.81. The Labute approximate surface area is 150 Å². The second kappa shape index (κ2) is 10.9. The Morgan fingerprint density at radius 3 is 2.20 bits per heavy atom. The molecule has 0 aromatic heterocycles. The van der Waals surface area contributed by atoms with Crippen molar-refractivity contribution in [3.8, 4) is 11.5 Å². The Morgan fingerprint density at radius 1 is 0.920 bits per heavy atom. The summed E-state index contributed by atoms with van der Waals surface area (Å²) in [4.78, 5) is 4.25. The van der Waals surface area contributed by atoms with Crippen LogP contribution in [0.3, 0.4) is 0 Å². The zero-order chi connectivity index (χ0) is 17.7. The van der Waals surface area contributed by atoms with Crippen LogP contribution >= 0.6 is 0 Å².